The van der Waals surface area contributed by atoms with E-state index in [1.54, 1.807) is 19.5 Å². The van der Waals surface area contributed by atoms with Gasteiger partial charge in [0.2, 0.25) is 5.95 Å². The molecular weight excluding hydrogens is 330 g/mol. The number of ether oxygens (including phenoxy) is 2. The van der Waals surface area contributed by atoms with Crippen LogP contribution >= 0.6 is 0 Å². The van der Waals surface area contributed by atoms with Crippen molar-refractivity contribution in [3.8, 4) is 22.7 Å². The fourth-order valence-corrected chi connectivity index (χ4v) is 2.96. The van der Waals surface area contributed by atoms with E-state index in [1.807, 2.05) is 41.2 Å². The van der Waals surface area contributed by atoms with E-state index in [9.17, 15) is 0 Å². The molecule has 134 valence electrons. The molecule has 1 aliphatic heterocycles. The molecule has 1 N–H and O–H groups in total. The standard InChI is InChI=1S/C19H21N5O2/c1-25-17-4-2-3-16(11-17)24-13-14(12-21-24)18-5-8-20-19(23-18)22-15-6-9-26-10-7-15/h2-5,8,11-13,15H,6-7,9-10H2,1H3,(H,20,22,23). The average molecular weight is 351 g/mol. The predicted molar refractivity (Wildman–Crippen MR) is 98.6 cm³/mol. The van der Waals surface area contributed by atoms with Crippen LogP contribution in [0.5, 0.6) is 5.75 Å². The maximum Gasteiger partial charge on any atom is 0.223 e. The molecule has 2 aromatic heterocycles. The fraction of sp³-hybridized carbons (Fsp3) is 0.316. The van der Waals surface area contributed by atoms with Gasteiger partial charge in [-0.25, -0.2) is 14.6 Å². The van der Waals surface area contributed by atoms with Gasteiger partial charge in [0.15, 0.2) is 0 Å². The molecule has 0 spiro atoms. The molecule has 7 heteroatoms. The van der Waals surface area contributed by atoms with Crippen LogP contribution in [0.1, 0.15) is 12.8 Å². The number of methoxy groups -OCH3 is 1. The van der Waals surface area contributed by atoms with Gasteiger partial charge in [0.05, 0.1) is 24.7 Å². The third-order valence-electron chi connectivity index (χ3n) is 4.41. The third kappa shape index (κ3) is 3.67. The van der Waals surface area contributed by atoms with E-state index in [0.29, 0.717) is 12.0 Å². The Hall–Kier alpha value is -2.93. The zero-order valence-electron chi connectivity index (χ0n) is 14.6. The second kappa shape index (κ2) is 7.53. The van der Waals surface area contributed by atoms with Gasteiger partial charge in [-0.3, -0.25) is 0 Å². The van der Waals surface area contributed by atoms with Gasteiger partial charge in [-0.05, 0) is 31.0 Å². The van der Waals surface area contributed by atoms with Gasteiger partial charge < -0.3 is 14.8 Å². The highest BCUT2D eigenvalue weighted by atomic mass is 16.5. The molecule has 4 rings (SSSR count). The quantitative estimate of drug-likeness (QED) is 0.762. The van der Waals surface area contributed by atoms with E-state index in [2.05, 4.69) is 20.4 Å². The molecule has 0 bridgehead atoms. The minimum atomic E-state index is 0.360. The topological polar surface area (TPSA) is 74.1 Å². The van der Waals surface area contributed by atoms with E-state index >= 15 is 0 Å². The van der Waals surface area contributed by atoms with Crippen LogP contribution < -0.4 is 10.1 Å². The van der Waals surface area contributed by atoms with E-state index in [-0.39, 0.29) is 0 Å². The molecule has 0 atom stereocenters. The summed E-state index contributed by atoms with van der Waals surface area (Å²) in [5.41, 5.74) is 2.71. The molecule has 26 heavy (non-hydrogen) atoms. The van der Waals surface area contributed by atoms with E-state index < -0.39 is 0 Å². The van der Waals surface area contributed by atoms with Crippen LogP contribution in [0.4, 0.5) is 5.95 Å². The summed E-state index contributed by atoms with van der Waals surface area (Å²) in [5, 5.41) is 7.85. The van der Waals surface area contributed by atoms with Gasteiger partial charge in [-0.1, -0.05) is 6.07 Å². The first kappa shape index (κ1) is 16.5. The van der Waals surface area contributed by atoms with Crippen molar-refractivity contribution in [3.63, 3.8) is 0 Å². The lowest BCUT2D eigenvalue weighted by atomic mass is 10.1. The number of rotatable bonds is 5. The Morgan fingerprint density at radius 1 is 1.23 bits per heavy atom. The van der Waals surface area contributed by atoms with Crippen LogP contribution in [0.2, 0.25) is 0 Å². The van der Waals surface area contributed by atoms with Gasteiger partial charge in [0.25, 0.3) is 0 Å². The molecule has 7 nitrogen and oxygen atoms in total. The Bertz CT molecular complexity index is 874. The summed E-state index contributed by atoms with van der Waals surface area (Å²) in [6.07, 6.45) is 7.48. The lowest BCUT2D eigenvalue weighted by Crippen LogP contribution is -2.28. The predicted octanol–water partition coefficient (Wildman–Crippen LogP) is 2.93. The van der Waals surface area contributed by atoms with Crippen LogP contribution in [0.25, 0.3) is 16.9 Å². The minimum absolute atomic E-state index is 0.360. The van der Waals surface area contributed by atoms with E-state index in [1.165, 1.54) is 0 Å². The van der Waals surface area contributed by atoms with Crippen LogP contribution in [0, 0.1) is 0 Å². The Balaban J connectivity index is 1.54. The first-order valence-corrected chi connectivity index (χ1v) is 8.68. The third-order valence-corrected chi connectivity index (χ3v) is 4.41. The first-order chi connectivity index (χ1) is 12.8. The molecule has 1 aromatic carbocycles. The molecule has 0 saturated carbocycles. The van der Waals surface area contributed by atoms with Gasteiger partial charge in [0.1, 0.15) is 5.75 Å². The second-order valence-electron chi connectivity index (χ2n) is 6.17. The highest BCUT2D eigenvalue weighted by Gasteiger charge is 2.15. The van der Waals surface area contributed by atoms with Crippen molar-refractivity contribution < 1.29 is 9.47 Å². The van der Waals surface area contributed by atoms with Crippen molar-refractivity contribution in [1.82, 2.24) is 19.7 Å². The summed E-state index contributed by atoms with van der Waals surface area (Å²) in [4.78, 5) is 8.98. The maximum absolute atomic E-state index is 5.39. The molecule has 1 saturated heterocycles. The second-order valence-corrected chi connectivity index (χ2v) is 6.17. The zero-order valence-corrected chi connectivity index (χ0v) is 14.6. The number of aromatic nitrogens is 4. The van der Waals surface area contributed by atoms with Gasteiger partial charge in [0, 0.05) is 43.3 Å². The SMILES string of the molecule is COc1cccc(-n2cc(-c3ccnc(NC4CCOCC4)n3)cn2)c1. The molecule has 0 amide bonds. The molecule has 0 radical (unpaired) electrons. The Morgan fingerprint density at radius 2 is 2.12 bits per heavy atom. The summed E-state index contributed by atoms with van der Waals surface area (Å²) in [6.45, 7) is 1.56. The van der Waals surface area contributed by atoms with Crippen LogP contribution in [0.3, 0.4) is 0 Å². The van der Waals surface area contributed by atoms with Crippen molar-refractivity contribution in [2.24, 2.45) is 0 Å². The number of hydrogen-bond acceptors (Lipinski definition) is 6. The van der Waals surface area contributed by atoms with Gasteiger partial charge >= 0.3 is 0 Å². The summed E-state index contributed by atoms with van der Waals surface area (Å²) in [5.74, 6) is 1.44. The highest BCUT2D eigenvalue weighted by molar-refractivity contribution is 5.59. The van der Waals surface area contributed by atoms with Crippen LogP contribution in [-0.2, 0) is 4.74 Å². The lowest BCUT2D eigenvalue weighted by Gasteiger charge is -2.23. The molecule has 3 aromatic rings. The largest absolute Gasteiger partial charge is 0.497 e. The molecular formula is C19H21N5O2. The first-order valence-electron chi connectivity index (χ1n) is 8.68. The molecule has 0 aliphatic carbocycles. The smallest absolute Gasteiger partial charge is 0.223 e. The Labute approximate surface area is 152 Å². The Kier molecular flexibility index (Phi) is 4.79. The molecule has 1 fully saturated rings. The summed E-state index contributed by atoms with van der Waals surface area (Å²) < 4.78 is 12.5. The van der Waals surface area contributed by atoms with Crippen molar-refractivity contribution in [2.75, 3.05) is 25.6 Å². The summed E-state index contributed by atoms with van der Waals surface area (Å²) in [6, 6.07) is 10.0. The zero-order chi connectivity index (χ0) is 17.8. The molecule has 1 aliphatic rings. The summed E-state index contributed by atoms with van der Waals surface area (Å²) >= 11 is 0. The number of hydrogen-bond donors (Lipinski definition) is 1. The number of benzene rings is 1. The lowest BCUT2D eigenvalue weighted by molar-refractivity contribution is 0.0903. The van der Waals surface area contributed by atoms with Crippen molar-refractivity contribution in [2.45, 2.75) is 18.9 Å². The molecule has 3 heterocycles. The van der Waals surface area contributed by atoms with Crippen LogP contribution in [-0.4, -0.2) is 46.1 Å². The fourth-order valence-electron chi connectivity index (χ4n) is 2.96. The maximum atomic E-state index is 5.39. The van der Waals surface area contributed by atoms with Gasteiger partial charge in [-0.15, -0.1) is 0 Å². The molecule has 0 unspecified atom stereocenters. The van der Waals surface area contributed by atoms with E-state index in [4.69, 9.17) is 9.47 Å². The van der Waals surface area contributed by atoms with Crippen LogP contribution in [0.15, 0.2) is 48.9 Å². The van der Waals surface area contributed by atoms with Crippen molar-refractivity contribution in [1.29, 1.82) is 0 Å². The minimum Gasteiger partial charge on any atom is -0.497 e. The van der Waals surface area contributed by atoms with Gasteiger partial charge in [-0.2, -0.15) is 5.10 Å². The van der Waals surface area contributed by atoms with Crippen molar-refractivity contribution in [3.05, 3.63) is 48.9 Å². The average Bonchev–Trinajstić information content (AvgIpc) is 3.19. The Morgan fingerprint density at radius 3 is 2.96 bits per heavy atom. The number of nitrogens with zero attached hydrogens (tertiary/aromatic N) is 4. The highest BCUT2D eigenvalue weighted by Crippen LogP contribution is 2.21. The normalized spacial score (nSPS) is 15.0. The number of nitrogens with one attached hydrogen (secondary N) is 1. The van der Waals surface area contributed by atoms with Crippen molar-refractivity contribution >= 4 is 5.95 Å². The number of anilines is 1. The summed E-state index contributed by atoms with van der Waals surface area (Å²) in [7, 11) is 1.65. The monoisotopic (exact) mass is 351 g/mol. The van der Waals surface area contributed by atoms with E-state index in [0.717, 1.165) is 48.7 Å².